The van der Waals surface area contributed by atoms with E-state index < -0.39 is 0 Å². The molecule has 2 aromatic carbocycles. The Morgan fingerprint density at radius 3 is 2.69 bits per heavy atom. The smallest absolute Gasteiger partial charge is 0.286 e. The molecule has 4 rings (SSSR count). The maximum absolute atomic E-state index is 12.0. The predicted molar refractivity (Wildman–Crippen MR) is 115 cm³/mol. The number of hydrogen-bond acceptors (Lipinski definition) is 3. The number of carbonyl (C=O) groups is 1. The minimum atomic E-state index is -0.186. The monoisotopic (exact) mass is 385 g/mol. The number of allylic oxidation sites excluding steroid dienone is 1. The molecule has 0 bridgehead atoms. The second-order valence-corrected chi connectivity index (χ2v) is 6.78. The van der Waals surface area contributed by atoms with Crippen LogP contribution in [0.25, 0.3) is 17.1 Å². The Bertz CT molecular complexity index is 1100. The van der Waals surface area contributed by atoms with Crippen LogP contribution in [0.3, 0.4) is 0 Å². The molecule has 4 aromatic rings. The van der Waals surface area contributed by atoms with Gasteiger partial charge in [0.05, 0.1) is 17.3 Å². The molecule has 2 heterocycles. The quantitative estimate of drug-likeness (QED) is 0.447. The van der Waals surface area contributed by atoms with E-state index in [1.54, 1.807) is 12.1 Å². The van der Waals surface area contributed by atoms with Crippen molar-refractivity contribution >= 4 is 23.0 Å². The van der Waals surface area contributed by atoms with Gasteiger partial charge in [-0.1, -0.05) is 54.6 Å². The molecule has 0 saturated carbocycles. The normalized spacial score (nSPS) is 11.3. The predicted octanol–water partition coefficient (Wildman–Crippen LogP) is 4.71. The number of fused-ring (bicyclic) bond motifs is 1. The number of furan rings is 1. The summed E-state index contributed by atoms with van der Waals surface area (Å²) in [5.74, 6) is 1.17. The van der Waals surface area contributed by atoms with Crippen molar-refractivity contribution in [1.82, 2.24) is 14.9 Å². The van der Waals surface area contributed by atoms with Crippen LogP contribution < -0.4 is 5.32 Å². The molecular formula is C24H23N3O2. The van der Waals surface area contributed by atoms with E-state index in [2.05, 4.69) is 40.2 Å². The summed E-state index contributed by atoms with van der Waals surface area (Å²) in [5.41, 5.74) is 3.30. The highest BCUT2D eigenvalue weighted by Gasteiger charge is 2.10. The Labute approximate surface area is 169 Å². The van der Waals surface area contributed by atoms with Crippen LogP contribution in [0.5, 0.6) is 0 Å². The van der Waals surface area contributed by atoms with Crippen molar-refractivity contribution < 1.29 is 9.21 Å². The third-order valence-electron chi connectivity index (χ3n) is 4.74. The van der Waals surface area contributed by atoms with Crippen molar-refractivity contribution in [3.05, 3.63) is 96.2 Å². The van der Waals surface area contributed by atoms with Gasteiger partial charge < -0.3 is 14.3 Å². The molecule has 1 N–H and O–H groups in total. The van der Waals surface area contributed by atoms with Crippen LogP contribution in [0.4, 0.5) is 0 Å². The number of aryl methyl sites for hydroxylation is 1. The van der Waals surface area contributed by atoms with Crippen molar-refractivity contribution in [2.24, 2.45) is 0 Å². The zero-order chi connectivity index (χ0) is 19.9. The molecule has 0 aliphatic heterocycles. The maximum Gasteiger partial charge on any atom is 0.286 e. The molecule has 0 fully saturated rings. The molecule has 0 radical (unpaired) electrons. The van der Waals surface area contributed by atoms with Gasteiger partial charge in [0.25, 0.3) is 5.91 Å². The number of carbonyl (C=O) groups excluding carboxylic acids is 1. The molecule has 0 aliphatic carbocycles. The van der Waals surface area contributed by atoms with E-state index in [1.807, 2.05) is 36.4 Å². The van der Waals surface area contributed by atoms with E-state index in [0.717, 1.165) is 36.2 Å². The van der Waals surface area contributed by atoms with E-state index in [1.165, 1.54) is 11.8 Å². The second kappa shape index (κ2) is 9.06. The number of rotatable bonds is 8. The minimum absolute atomic E-state index is 0.186. The minimum Gasteiger partial charge on any atom is -0.459 e. The van der Waals surface area contributed by atoms with Crippen LogP contribution in [0.1, 0.15) is 28.4 Å². The molecule has 5 nitrogen and oxygen atoms in total. The number of nitrogens with one attached hydrogen (secondary N) is 1. The highest BCUT2D eigenvalue weighted by atomic mass is 16.3. The number of benzene rings is 2. The Balaban J connectivity index is 1.42. The number of imidazole rings is 1. The molecule has 0 atom stereocenters. The van der Waals surface area contributed by atoms with Gasteiger partial charge in [0, 0.05) is 19.5 Å². The zero-order valence-electron chi connectivity index (χ0n) is 16.1. The van der Waals surface area contributed by atoms with E-state index in [4.69, 9.17) is 9.40 Å². The van der Waals surface area contributed by atoms with Crippen LogP contribution in [-0.2, 0) is 13.0 Å². The summed E-state index contributed by atoms with van der Waals surface area (Å²) in [6.45, 7) is 1.33. The van der Waals surface area contributed by atoms with Crippen LogP contribution >= 0.6 is 0 Å². The lowest BCUT2D eigenvalue weighted by molar-refractivity contribution is 0.0925. The summed E-state index contributed by atoms with van der Waals surface area (Å²) >= 11 is 0. The van der Waals surface area contributed by atoms with Gasteiger partial charge in [0.15, 0.2) is 5.76 Å². The van der Waals surface area contributed by atoms with Crippen LogP contribution in [-0.4, -0.2) is 22.0 Å². The fraction of sp³-hybridized carbons (Fsp3) is 0.167. The van der Waals surface area contributed by atoms with Gasteiger partial charge in [0.1, 0.15) is 5.82 Å². The summed E-state index contributed by atoms with van der Waals surface area (Å²) in [7, 11) is 0. The summed E-state index contributed by atoms with van der Waals surface area (Å²) in [4.78, 5) is 16.8. The molecule has 0 unspecified atom stereocenters. The average molecular weight is 385 g/mol. The molecule has 1 amide bonds. The number of aromatic nitrogens is 2. The lowest BCUT2D eigenvalue weighted by Gasteiger charge is -2.07. The first-order chi connectivity index (χ1) is 14.3. The third kappa shape index (κ3) is 4.63. The first-order valence-electron chi connectivity index (χ1n) is 9.79. The van der Waals surface area contributed by atoms with Gasteiger partial charge in [-0.25, -0.2) is 4.98 Å². The van der Waals surface area contributed by atoms with Gasteiger partial charge in [-0.15, -0.1) is 0 Å². The van der Waals surface area contributed by atoms with Crippen molar-refractivity contribution in [2.45, 2.75) is 19.4 Å². The lowest BCUT2D eigenvalue weighted by Crippen LogP contribution is -2.24. The molecule has 146 valence electrons. The molecule has 0 spiro atoms. The van der Waals surface area contributed by atoms with Crippen LogP contribution in [0.2, 0.25) is 0 Å². The second-order valence-electron chi connectivity index (χ2n) is 6.78. The maximum atomic E-state index is 12.0. The largest absolute Gasteiger partial charge is 0.459 e. The summed E-state index contributed by atoms with van der Waals surface area (Å²) in [6.07, 6.45) is 7.37. The Morgan fingerprint density at radius 1 is 1.03 bits per heavy atom. The average Bonchev–Trinajstić information content (AvgIpc) is 3.41. The highest BCUT2D eigenvalue weighted by molar-refractivity contribution is 5.91. The summed E-state index contributed by atoms with van der Waals surface area (Å²) in [6, 6.07) is 21.8. The molecule has 29 heavy (non-hydrogen) atoms. The molecule has 5 heteroatoms. The number of amides is 1. The van der Waals surface area contributed by atoms with E-state index in [9.17, 15) is 4.79 Å². The first kappa shape index (κ1) is 18.7. The Kier molecular flexibility index (Phi) is 5.86. The third-order valence-corrected chi connectivity index (χ3v) is 4.74. The van der Waals surface area contributed by atoms with Crippen molar-refractivity contribution in [3.63, 3.8) is 0 Å². The van der Waals surface area contributed by atoms with E-state index in [-0.39, 0.29) is 5.91 Å². The topological polar surface area (TPSA) is 60.1 Å². The first-order valence-corrected chi connectivity index (χ1v) is 9.79. The summed E-state index contributed by atoms with van der Waals surface area (Å²) in [5, 5.41) is 2.89. The van der Waals surface area contributed by atoms with Crippen molar-refractivity contribution in [1.29, 1.82) is 0 Å². The molecule has 0 aliphatic rings. The SMILES string of the molecule is O=C(NCCCc1nc2ccccc2n1CC=Cc1ccccc1)c1ccco1. The zero-order valence-corrected chi connectivity index (χ0v) is 16.1. The van der Waals surface area contributed by atoms with E-state index >= 15 is 0 Å². The van der Waals surface area contributed by atoms with Gasteiger partial charge in [0.2, 0.25) is 0 Å². The summed E-state index contributed by atoms with van der Waals surface area (Å²) < 4.78 is 7.35. The Morgan fingerprint density at radius 2 is 1.86 bits per heavy atom. The van der Waals surface area contributed by atoms with Crippen molar-refractivity contribution in [3.8, 4) is 0 Å². The van der Waals surface area contributed by atoms with Gasteiger partial charge in [-0.3, -0.25) is 4.79 Å². The van der Waals surface area contributed by atoms with Gasteiger partial charge >= 0.3 is 0 Å². The number of para-hydroxylation sites is 2. The lowest BCUT2D eigenvalue weighted by atomic mass is 10.2. The van der Waals surface area contributed by atoms with Crippen molar-refractivity contribution in [2.75, 3.05) is 6.54 Å². The Hall–Kier alpha value is -3.60. The number of nitrogens with zero attached hydrogens (tertiary/aromatic N) is 2. The van der Waals surface area contributed by atoms with Gasteiger partial charge in [-0.2, -0.15) is 0 Å². The molecule has 2 aromatic heterocycles. The van der Waals surface area contributed by atoms with Crippen LogP contribution in [0.15, 0.2) is 83.5 Å². The molecular weight excluding hydrogens is 362 g/mol. The fourth-order valence-electron chi connectivity index (χ4n) is 3.32. The standard InChI is InChI=1S/C24H23N3O2/c28-24(22-14-8-18-29-22)25-16-6-15-23-26-20-12-4-5-13-21(20)27(23)17-7-11-19-9-2-1-3-10-19/h1-5,7-14,18H,6,15-17H2,(H,25,28). The molecule has 0 saturated heterocycles. The fourth-order valence-corrected chi connectivity index (χ4v) is 3.32. The van der Waals surface area contributed by atoms with Gasteiger partial charge in [-0.05, 0) is 36.2 Å². The highest BCUT2D eigenvalue weighted by Crippen LogP contribution is 2.17. The number of hydrogen-bond donors (Lipinski definition) is 1. The van der Waals surface area contributed by atoms with Crippen LogP contribution in [0, 0.1) is 0 Å². The van der Waals surface area contributed by atoms with E-state index in [0.29, 0.717) is 12.3 Å².